The van der Waals surface area contributed by atoms with Crippen LogP contribution in [0.5, 0.6) is 0 Å². The SMILES string of the molecule is O=C(O)C1CCN(C(=O)C2CCCC3CCCCC32)C1. The molecule has 20 heavy (non-hydrogen) atoms. The maximum atomic E-state index is 12.8. The molecule has 3 rings (SSSR count). The lowest BCUT2D eigenvalue weighted by molar-refractivity contribution is -0.142. The van der Waals surface area contributed by atoms with Crippen molar-refractivity contribution < 1.29 is 14.7 Å². The van der Waals surface area contributed by atoms with Crippen LogP contribution in [0.15, 0.2) is 0 Å². The number of hydrogen-bond donors (Lipinski definition) is 1. The monoisotopic (exact) mass is 279 g/mol. The number of hydrogen-bond acceptors (Lipinski definition) is 2. The zero-order chi connectivity index (χ0) is 14.1. The molecule has 0 aromatic rings. The van der Waals surface area contributed by atoms with Gasteiger partial charge in [0, 0.05) is 19.0 Å². The van der Waals surface area contributed by atoms with Gasteiger partial charge in [0.25, 0.3) is 0 Å². The zero-order valence-electron chi connectivity index (χ0n) is 12.1. The Labute approximate surface area is 120 Å². The van der Waals surface area contributed by atoms with Crippen LogP contribution in [0.2, 0.25) is 0 Å². The Morgan fingerprint density at radius 2 is 1.70 bits per heavy atom. The highest BCUT2D eigenvalue weighted by atomic mass is 16.4. The smallest absolute Gasteiger partial charge is 0.308 e. The first-order valence-corrected chi connectivity index (χ1v) is 8.18. The number of aliphatic carboxylic acids is 1. The van der Waals surface area contributed by atoms with Crippen molar-refractivity contribution in [2.24, 2.45) is 23.7 Å². The molecule has 0 bridgehead atoms. The summed E-state index contributed by atoms with van der Waals surface area (Å²) in [6.07, 6.45) is 9.22. The Bertz CT molecular complexity index is 393. The Kier molecular flexibility index (Phi) is 3.99. The molecule has 0 radical (unpaired) electrons. The molecule has 0 spiro atoms. The molecule has 0 aromatic carbocycles. The van der Waals surface area contributed by atoms with Gasteiger partial charge in [0.2, 0.25) is 5.91 Å². The number of carbonyl (C=O) groups excluding carboxylic acids is 1. The van der Waals surface area contributed by atoms with Crippen LogP contribution in [-0.2, 0) is 9.59 Å². The molecule has 4 unspecified atom stereocenters. The summed E-state index contributed by atoms with van der Waals surface area (Å²) in [7, 11) is 0. The molecule has 2 aliphatic carbocycles. The van der Waals surface area contributed by atoms with Crippen LogP contribution < -0.4 is 0 Å². The highest BCUT2D eigenvalue weighted by Crippen LogP contribution is 2.44. The maximum absolute atomic E-state index is 12.8. The number of carboxylic acids is 1. The predicted octanol–water partition coefficient (Wildman–Crippen LogP) is 2.53. The van der Waals surface area contributed by atoms with Crippen LogP contribution in [0.25, 0.3) is 0 Å². The summed E-state index contributed by atoms with van der Waals surface area (Å²) in [6, 6.07) is 0. The van der Waals surface area contributed by atoms with Gasteiger partial charge in [-0.2, -0.15) is 0 Å². The highest BCUT2D eigenvalue weighted by molar-refractivity contribution is 5.81. The van der Waals surface area contributed by atoms with E-state index in [2.05, 4.69) is 0 Å². The van der Waals surface area contributed by atoms with E-state index in [0.717, 1.165) is 12.3 Å². The lowest BCUT2D eigenvalue weighted by Crippen LogP contribution is -2.43. The van der Waals surface area contributed by atoms with Crippen molar-refractivity contribution in [3.05, 3.63) is 0 Å². The Morgan fingerprint density at radius 3 is 2.45 bits per heavy atom. The van der Waals surface area contributed by atoms with Crippen molar-refractivity contribution in [3.8, 4) is 0 Å². The molecule has 1 amide bonds. The Balaban J connectivity index is 1.65. The van der Waals surface area contributed by atoms with Crippen LogP contribution in [0, 0.1) is 23.7 Å². The number of likely N-dealkylation sites (tertiary alicyclic amines) is 1. The van der Waals surface area contributed by atoms with Gasteiger partial charge in [-0.25, -0.2) is 0 Å². The minimum atomic E-state index is -0.750. The molecule has 0 aromatic heterocycles. The summed E-state index contributed by atoms with van der Waals surface area (Å²) in [4.78, 5) is 25.6. The molecule has 4 nitrogen and oxygen atoms in total. The predicted molar refractivity (Wildman–Crippen MR) is 75.1 cm³/mol. The molecule has 1 saturated heterocycles. The van der Waals surface area contributed by atoms with Crippen LogP contribution >= 0.6 is 0 Å². The average molecular weight is 279 g/mol. The number of rotatable bonds is 2. The van der Waals surface area contributed by atoms with E-state index in [-0.39, 0.29) is 17.7 Å². The number of carbonyl (C=O) groups is 2. The van der Waals surface area contributed by atoms with Gasteiger partial charge in [-0.3, -0.25) is 9.59 Å². The minimum absolute atomic E-state index is 0.182. The van der Waals surface area contributed by atoms with Gasteiger partial charge in [0.05, 0.1) is 5.92 Å². The van der Waals surface area contributed by atoms with Gasteiger partial charge in [-0.1, -0.05) is 32.1 Å². The number of amides is 1. The van der Waals surface area contributed by atoms with Gasteiger partial charge >= 0.3 is 5.97 Å². The molecular formula is C16H25NO3. The first-order valence-electron chi connectivity index (χ1n) is 8.18. The van der Waals surface area contributed by atoms with E-state index in [4.69, 9.17) is 5.11 Å². The molecule has 3 fully saturated rings. The van der Waals surface area contributed by atoms with Gasteiger partial charge in [0.15, 0.2) is 0 Å². The fourth-order valence-corrected chi connectivity index (χ4v) is 4.64. The lowest BCUT2D eigenvalue weighted by Gasteiger charge is -2.41. The second-order valence-electron chi connectivity index (χ2n) is 6.85. The normalized spacial score (nSPS) is 37.5. The van der Waals surface area contributed by atoms with Crippen molar-refractivity contribution in [1.29, 1.82) is 0 Å². The summed E-state index contributed by atoms with van der Waals surface area (Å²) in [5.41, 5.74) is 0. The fraction of sp³-hybridized carbons (Fsp3) is 0.875. The third kappa shape index (κ3) is 2.57. The topological polar surface area (TPSA) is 57.6 Å². The van der Waals surface area contributed by atoms with Crippen molar-refractivity contribution in [1.82, 2.24) is 4.90 Å². The summed E-state index contributed by atoms with van der Waals surface area (Å²) >= 11 is 0. The first-order chi connectivity index (χ1) is 9.66. The quantitative estimate of drug-likeness (QED) is 0.845. The summed E-state index contributed by atoms with van der Waals surface area (Å²) in [5.74, 6) is 0.675. The van der Waals surface area contributed by atoms with Crippen molar-refractivity contribution in [3.63, 3.8) is 0 Å². The van der Waals surface area contributed by atoms with Crippen molar-refractivity contribution in [2.75, 3.05) is 13.1 Å². The van der Waals surface area contributed by atoms with Crippen LogP contribution in [0.4, 0.5) is 0 Å². The van der Waals surface area contributed by atoms with Crippen LogP contribution in [0.3, 0.4) is 0 Å². The van der Waals surface area contributed by atoms with Gasteiger partial charge in [-0.05, 0) is 31.1 Å². The van der Waals surface area contributed by atoms with Gasteiger partial charge in [0.1, 0.15) is 0 Å². The van der Waals surface area contributed by atoms with E-state index in [0.29, 0.717) is 25.4 Å². The van der Waals surface area contributed by atoms with Crippen LogP contribution in [0.1, 0.15) is 51.4 Å². The van der Waals surface area contributed by atoms with E-state index in [1.165, 1.54) is 38.5 Å². The third-order valence-corrected chi connectivity index (χ3v) is 5.74. The number of nitrogens with zero attached hydrogens (tertiary/aromatic N) is 1. The van der Waals surface area contributed by atoms with E-state index < -0.39 is 5.97 Å². The molecule has 2 saturated carbocycles. The van der Waals surface area contributed by atoms with Gasteiger partial charge in [-0.15, -0.1) is 0 Å². The minimum Gasteiger partial charge on any atom is -0.481 e. The summed E-state index contributed by atoms with van der Waals surface area (Å²) in [5, 5.41) is 9.07. The molecule has 4 atom stereocenters. The Morgan fingerprint density at radius 1 is 0.950 bits per heavy atom. The zero-order valence-corrected chi connectivity index (χ0v) is 12.1. The first kappa shape index (κ1) is 13.9. The standard InChI is InChI=1S/C16H25NO3/c18-15(17-9-8-12(10-17)16(19)20)14-7-3-5-11-4-1-2-6-13(11)14/h11-14H,1-10H2,(H,19,20). The molecule has 1 aliphatic heterocycles. The van der Waals surface area contributed by atoms with Crippen LogP contribution in [-0.4, -0.2) is 35.0 Å². The summed E-state index contributed by atoms with van der Waals surface area (Å²) in [6.45, 7) is 1.08. The third-order valence-electron chi connectivity index (χ3n) is 5.74. The molecule has 1 N–H and O–H groups in total. The second kappa shape index (κ2) is 5.74. The Hall–Kier alpha value is -1.06. The largest absolute Gasteiger partial charge is 0.481 e. The van der Waals surface area contributed by atoms with E-state index in [9.17, 15) is 9.59 Å². The molecule has 112 valence electrons. The second-order valence-corrected chi connectivity index (χ2v) is 6.85. The average Bonchev–Trinajstić information content (AvgIpc) is 2.96. The van der Waals surface area contributed by atoms with Gasteiger partial charge < -0.3 is 10.0 Å². The molecule has 4 heteroatoms. The lowest BCUT2D eigenvalue weighted by atomic mass is 9.65. The van der Waals surface area contributed by atoms with E-state index >= 15 is 0 Å². The fourth-order valence-electron chi connectivity index (χ4n) is 4.64. The van der Waals surface area contributed by atoms with E-state index in [1.807, 2.05) is 4.90 Å². The molecule has 1 heterocycles. The summed E-state index contributed by atoms with van der Waals surface area (Å²) < 4.78 is 0. The van der Waals surface area contributed by atoms with Crippen molar-refractivity contribution in [2.45, 2.75) is 51.4 Å². The van der Waals surface area contributed by atoms with Crippen molar-refractivity contribution >= 4 is 11.9 Å². The molecule has 3 aliphatic rings. The van der Waals surface area contributed by atoms with E-state index in [1.54, 1.807) is 0 Å². The molecular weight excluding hydrogens is 254 g/mol. The maximum Gasteiger partial charge on any atom is 0.308 e. The number of fused-ring (bicyclic) bond motifs is 1. The highest BCUT2D eigenvalue weighted by Gasteiger charge is 2.42. The number of carboxylic acid groups (broad SMARTS) is 1.